The highest BCUT2D eigenvalue weighted by molar-refractivity contribution is 7.22. The molecule has 0 aliphatic rings. The largest absolute Gasteiger partial charge is 0.491 e. The van der Waals surface area contributed by atoms with E-state index in [4.69, 9.17) is 4.74 Å². The highest BCUT2D eigenvalue weighted by Gasteiger charge is 2.17. The summed E-state index contributed by atoms with van der Waals surface area (Å²) in [6.45, 7) is 6.19. The summed E-state index contributed by atoms with van der Waals surface area (Å²) in [5, 5.41) is 11.1. The number of hydrogen-bond acceptors (Lipinski definition) is 5. The first kappa shape index (κ1) is 20.3. The van der Waals surface area contributed by atoms with Crippen molar-refractivity contribution in [3.05, 3.63) is 81.9 Å². The summed E-state index contributed by atoms with van der Waals surface area (Å²) in [7, 11) is 0. The first-order valence-electron chi connectivity index (χ1n) is 9.85. The van der Waals surface area contributed by atoms with E-state index < -0.39 is 6.10 Å². The molecule has 0 saturated carbocycles. The van der Waals surface area contributed by atoms with Gasteiger partial charge in [-0.15, -0.1) is 11.3 Å². The summed E-state index contributed by atoms with van der Waals surface area (Å²) in [4.78, 5) is 19.3. The number of aromatic nitrogens is 2. The Morgan fingerprint density at radius 2 is 1.80 bits per heavy atom. The van der Waals surface area contributed by atoms with Crippen LogP contribution in [0.25, 0.3) is 20.7 Å². The van der Waals surface area contributed by atoms with E-state index in [2.05, 4.69) is 11.1 Å². The van der Waals surface area contributed by atoms with E-state index in [-0.39, 0.29) is 18.7 Å². The summed E-state index contributed by atoms with van der Waals surface area (Å²) < 4.78 is 7.20. The number of fused-ring (bicyclic) bond motifs is 1. The maximum Gasteiger partial charge on any atom is 0.262 e. The lowest BCUT2D eigenvalue weighted by molar-refractivity contribution is 0.0914. The molecule has 0 aliphatic heterocycles. The minimum absolute atomic E-state index is 0.102. The zero-order valence-electron chi connectivity index (χ0n) is 17.3. The minimum Gasteiger partial charge on any atom is -0.491 e. The molecule has 5 nitrogen and oxygen atoms in total. The normalized spacial score (nSPS) is 12.3. The van der Waals surface area contributed by atoms with Crippen LogP contribution in [0.15, 0.2) is 59.7 Å². The average Bonchev–Trinajstić information content (AvgIpc) is 3.06. The maximum absolute atomic E-state index is 13.1. The van der Waals surface area contributed by atoms with Gasteiger partial charge in [-0.3, -0.25) is 9.36 Å². The van der Waals surface area contributed by atoms with Crippen molar-refractivity contribution in [3.8, 4) is 16.2 Å². The number of aliphatic hydroxyl groups excluding tert-OH is 1. The molecule has 2 aromatic carbocycles. The molecule has 0 aliphatic carbocycles. The first-order chi connectivity index (χ1) is 14.4. The predicted octanol–water partition coefficient (Wildman–Crippen LogP) is 4.49. The predicted molar refractivity (Wildman–Crippen MR) is 121 cm³/mol. The van der Waals surface area contributed by atoms with Crippen molar-refractivity contribution in [1.29, 1.82) is 0 Å². The third-order valence-corrected chi connectivity index (χ3v) is 6.25. The number of aliphatic hydroxyl groups is 1. The van der Waals surface area contributed by atoms with E-state index in [1.165, 1.54) is 22.2 Å². The molecule has 1 N–H and O–H groups in total. The molecule has 6 heteroatoms. The number of benzene rings is 2. The molecule has 0 fully saturated rings. The van der Waals surface area contributed by atoms with Gasteiger partial charge in [0.25, 0.3) is 5.56 Å². The van der Waals surface area contributed by atoms with Gasteiger partial charge in [0.15, 0.2) is 0 Å². The maximum atomic E-state index is 13.1. The van der Waals surface area contributed by atoms with Gasteiger partial charge in [0, 0.05) is 4.88 Å². The van der Waals surface area contributed by atoms with Crippen molar-refractivity contribution in [2.45, 2.75) is 33.4 Å². The molecule has 0 amide bonds. The second kappa shape index (κ2) is 8.42. The van der Waals surface area contributed by atoms with Crippen LogP contribution in [0, 0.1) is 20.8 Å². The van der Waals surface area contributed by atoms with Gasteiger partial charge in [0.2, 0.25) is 0 Å². The Balaban J connectivity index is 1.55. The standard InChI is InChI=1S/C24H24N2O3S/c1-15-9-16(2)11-20(10-15)29-13-19(27)12-26-14-25-23-21(24(26)28)17(3)22(30-23)18-7-5-4-6-8-18/h4-11,14,19,27H,12-13H2,1-3H3. The van der Waals surface area contributed by atoms with Crippen LogP contribution in [0.5, 0.6) is 5.75 Å². The van der Waals surface area contributed by atoms with E-state index in [1.54, 1.807) is 0 Å². The zero-order chi connectivity index (χ0) is 21.3. The lowest BCUT2D eigenvalue weighted by Crippen LogP contribution is -2.30. The van der Waals surface area contributed by atoms with Crippen LogP contribution in [0.3, 0.4) is 0 Å². The van der Waals surface area contributed by atoms with Gasteiger partial charge in [-0.2, -0.15) is 0 Å². The van der Waals surface area contributed by atoms with Crippen LogP contribution < -0.4 is 10.3 Å². The lowest BCUT2D eigenvalue weighted by atomic mass is 10.1. The quantitative estimate of drug-likeness (QED) is 0.499. The van der Waals surface area contributed by atoms with E-state index in [9.17, 15) is 9.90 Å². The van der Waals surface area contributed by atoms with Crippen molar-refractivity contribution in [1.82, 2.24) is 9.55 Å². The van der Waals surface area contributed by atoms with Gasteiger partial charge < -0.3 is 9.84 Å². The summed E-state index contributed by atoms with van der Waals surface area (Å²) in [5.41, 5.74) is 4.07. The molecule has 2 heterocycles. The number of aryl methyl sites for hydroxylation is 3. The molecule has 0 spiro atoms. The Kier molecular flexibility index (Phi) is 5.70. The monoisotopic (exact) mass is 420 g/mol. The molecule has 4 rings (SSSR count). The number of hydrogen-bond donors (Lipinski definition) is 1. The van der Waals surface area contributed by atoms with Gasteiger partial charge in [-0.1, -0.05) is 36.4 Å². The van der Waals surface area contributed by atoms with Gasteiger partial charge in [-0.25, -0.2) is 4.98 Å². The molecule has 4 aromatic rings. The molecule has 1 atom stereocenters. The van der Waals surface area contributed by atoms with Crippen molar-refractivity contribution in [2.75, 3.05) is 6.61 Å². The second-order valence-electron chi connectivity index (χ2n) is 7.59. The fraction of sp³-hybridized carbons (Fsp3) is 0.250. The summed E-state index contributed by atoms with van der Waals surface area (Å²) in [6.07, 6.45) is 0.686. The van der Waals surface area contributed by atoms with Gasteiger partial charge in [-0.05, 0) is 55.2 Å². The SMILES string of the molecule is Cc1cc(C)cc(OCC(O)Cn2cnc3sc(-c4ccccc4)c(C)c3c2=O)c1. The summed E-state index contributed by atoms with van der Waals surface area (Å²) >= 11 is 1.52. The van der Waals surface area contributed by atoms with Crippen LogP contribution in [0.1, 0.15) is 16.7 Å². The topological polar surface area (TPSA) is 64.3 Å². The second-order valence-corrected chi connectivity index (χ2v) is 8.59. The number of thiophene rings is 1. The van der Waals surface area contributed by atoms with Crippen LogP contribution in [-0.2, 0) is 6.54 Å². The van der Waals surface area contributed by atoms with Gasteiger partial charge in [0.1, 0.15) is 23.3 Å². The molecule has 0 radical (unpaired) electrons. The van der Waals surface area contributed by atoms with Crippen molar-refractivity contribution >= 4 is 21.6 Å². The molecule has 0 saturated heterocycles. The third kappa shape index (κ3) is 4.15. The summed E-state index contributed by atoms with van der Waals surface area (Å²) in [6, 6.07) is 15.9. The Labute approximate surface area is 179 Å². The number of ether oxygens (including phenoxy) is 1. The van der Waals surface area contributed by atoms with Crippen LogP contribution in [0.2, 0.25) is 0 Å². The minimum atomic E-state index is -0.824. The Bertz CT molecular complexity index is 1220. The summed E-state index contributed by atoms with van der Waals surface area (Å²) in [5.74, 6) is 0.716. The molecule has 2 aromatic heterocycles. The fourth-order valence-electron chi connectivity index (χ4n) is 3.64. The first-order valence-corrected chi connectivity index (χ1v) is 10.7. The molecule has 154 valence electrons. The van der Waals surface area contributed by atoms with Gasteiger partial charge >= 0.3 is 0 Å². The lowest BCUT2D eigenvalue weighted by Gasteiger charge is -2.14. The number of rotatable bonds is 6. The van der Waals surface area contributed by atoms with E-state index in [0.29, 0.717) is 16.0 Å². The number of nitrogens with zero attached hydrogens (tertiary/aromatic N) is 2. The average molecular weight is 421 g/mol. The smallest absolute Gasteiger partial charge is 0.262 e. The van der Waals surface area contributed by atoms with E-state index in [1.807, 2.05) is 63.2 Å². The Morgan fingerprint density at radius 3 is 2.50 bits per heavy atom. The Hall–Kier alpha value is -2.96. The Morgan fingerprint density at radius 1 is 1.10 bits per heavy atom. The van der Waals surface area contributed by atoms with Crippen LogP contribution in [0.4, 0.5) is 0 Å². The highest BCUT2D eigenvalue weighted by atomic mass is 32.1. The van der Waals surface area contributed by atoms with Crippen LogP contribution in [-0.4, -0.2) is 27.4 Å². The van der Waals surface area contributed by atoms with Crippen molar-refractivity contribution in [3.63, 3.8) is 0 Å². The molecular weight excluding hydrogens is 396 g/mol. The van der Waals surface area contributed by atoms with Crippen molar-refractivity contribution < 1.29 is 9.84 Å². The van der Waals surface area contributed by atoms with Crippen LogP contribution >= 0.6 is 11.3 Å². The van der Waals surface area contributed by atoms with E-state index in [0.717, 1.165) is 27.1 Å². The fourth-order valence-corrected chi connectivity index (χ4v) is 4.79. The molecular formula is C24H24N2O3S. The van der Waals surface area contributed by atoms with Gasteiger partial charge in [0.05, 0.1) is 18.3 Å². The molecule has 1 unspecified atom stereocenters. The van der Waals surface area contributed by atoms with E-state index >= 15 is 0 Å². The van der Waals surface area contributed by atoms with Crippen molar-refractivity contribution in [2.24, 2.45) is 0 Å². The zero-order valence-corrected chi connectivity index (χ0v) is 18.1. The third-order valence-electron chi connectivity index (χ3n) is 5.00. The molecule has 0 bridgehead atoms. The highest BCUT2D eigenvalue weighted by Crippen LogP contribution is 2.35. The molecule has 30 heavy (non-hydrogen) atoms.